The van der Waals surface area contributed by atoms with Crippen LogP contribution in [0.4, 0.5) is 5.95 Å². The summed E-state index contributed by atoms with van der Waals surface area (Å²) < 4.78 is 34.6. The maximum Gasteiger partial charge on any atom is 0.267 e. The van der Waals surface area contributed by atoms with Crippen molar-refractivity contribution in [2.45, 2.75) is 24.8 Å². The molecule has 0 aliphatic carbocycles. The molecule has 0 unspecified atom stereocenters. The van der Waals surface area contributed by atoms with Crippen LogP contribution in [0.25, 0.3) is 27.7 Å². The Bertz CT molecular complexity index is 1500. The van der Waals surface area contributed by atoms with Crippen molar-refractivity contribution in [1.29, 1.82) is 0 Å². The molecule has 2 aromatic carbocycles. The van der Waals surface area contributed by atoms with E-state index in [0.717, 1.165) is 0 Å². The third-order valence-corrected chi connectivity index (χ3v) is 6.59. The lowest BCUT2D eigenvalue weighted by atomic mass is 10.1. The number of nitrogens with zero attached hydrogens (tertiary/aromatic N) is 3. The van der Waals surface area contributed by atoms with Gasteiger partial charge in [-0.1, -0.05) is 24.3 Å². The first-order valence-corrected chi connectivity index (χ1v) is 11.6. The zero-order valence-corrected chi connectivity index (χ0v) is 19.1. The smallest absolute Gasteiger partial charge is 0.267 e. The number of pyridine rings is 1. The lowest BCUT2D eigenvalue weighted by molar-refractivity contribution is 0.384. The molecule has 0 saturated carbocycles. The summed E-state index contributed by atoms with van der Waals surface area (Å²) in [4.78, 5) is 21.7. The van der Waals surface area contributed by atoms with Crippen LogP contribution in [0.15, 0.2) is 70.5 Å². The van der Waals surface area contributed by atoms with Crippen LogP contribution in [0.5, 0.6) is 5.88 Å². The van der Waals surface area contributed by atoms with Gasteiger partial charge in [-0.3, -0.25) is 4.79 Å². The summed E-state index contributed by atoms with van der Waals surface area (Å²) in [6.45, 7) is 3.45. The van der Waals surface area contributed by atoms with Crippen molar-refractivity contribution in [3.63, 3.8) is 0 Å². The number of nitrogens with two attached hydrogens (primary N) is 1. The Morgan fingerprint density at radius 3 is 2.45 bits per heavy atom. The van der Waals surface area contributed by atoms with Crippen LogP contribution < -0.4 is 20.8 Å². The molecule has 0 atom stereocenters. The molecule has 4 rings (SSSR count). The van der Waals surface area contributed by atoms with Gasteiger partial charge in [-0.15, -0.1) is 0 Å². The lowest BCUT2D eigenvalue weighted by Gasteiger charge is -2.14. The second-order valence-corrected chi connectivity index (χ2v) is 9.37. The van der Waals surface area contributed by atoms with Crippen LogP contribution in [-0.4, -0.2) is 36.1 Å². The van der Waals surface area contributed by atoms with Crippen LogP contribution in [0.2, 0.25) is 0 Å². The summed E-state index contributed by atoms with van der Waals surface area (Å²) in [5.74, 6) is 0.0549. The van der Waals surface area contributed by atoms with Gasteiger partial charge in [-0.05, 0) is 49.7 Å². The van der Waals surface area contributed by atoms with Crippen molar-refractivity contribution in [3.8, 4) is 22.7 Å². The molecule has 2 aromatic heterocycles. The minimum Gasteiger partial charge on any atom is -0.480 e. The van der Waals surface area contributed by atoms with Crippen molar-refractivity contribution < 1.29 is 13.2 Å². The molecule has 170 valence electrons. The van der Waals surface area contributed by atoms with Gasteiger partial charge in [0.05, 0.1) is 23.7 Å². The fourth-order valence-corrected chi connectivity index (χ4v) is 4.91. The molecule has 0 fully saturated rings. The standard InChI is InChI=1S/C23H23N5O4S/c1-14(2)27-33(30,31)20-12-16(13-25-21(20)32-3)15-9-10-19-18(11-15)22(29)28(23(24)26-19)17-7-5-4-6-8-17/h4-14,27H,1-3H3,(H2,24,26). The Kier molecular flexibility index (Phi) is 5.88. The largest absolute Gasteiger partial charge is 0.480 e. The second kappa shape index (κ2) is 8.64. The first-order valence-electron chi connectivity index (χ1n) is 10.2. The highest BCUT2D eigenvalue weighted by atomic mass is 32.2. The summed E-state index contributed by atoms with van der Waals surface area (Å²) >= 11 is 0. The topological polar surface area (TPSA) is 129 Å². The zero-order chi connectivity index (χ0) is 23.8. The highest BCUT2D eigenvalue weighted by Crippen LogP contribution is 2.29. The number of aromatic nitrogens is 3. The molecule has 0 aliphatic rings. The van der Waals surface area contributed by atoms with Crippen LogP contribution in [0, 0.1) is 0 Å². The molecule has 0 saturated heterocycles. The number of fused-ring (bicyclic) bond motifs is 1. The first-order chi connectivity index (χ1) is 15.7. The number of rotatable bonds is 6. The van der Waals surface area contributed by atoms with Gasteiger partial charge in [0.15, 0.2) is 0 Å². The van der Waals surface area contributed by atoms with Crippen LogP contribution in [0.1, 0.15) is 13.8 Å². The van der Waals surface area contributed by atoms with Gasteiger partial charge < -0.3 is 10.5 Å². The predicted octanol–water partition coefficient (Wildman–Crippen LogP) is 2.73. The number of sulfonamides is 1. The molecule has 4 aromatic rings. The maximum atomic E-state index is 13.3. The van der Waals surface area contributed by atoms with Gasteiger partial charge in [0.1, 0.15) is 4.90 Å². The molecule has 0 aliphatic heterocycles. The summed E-state index contributed by atoms with van der Waals surface area (Å²) in [5, 5.41) is 0.339. The van der Waals surface area contributed by atoms with Gasteiger partial charge in [-0.2, -0.15) is 0 Å². The minimum absolute atomic E-state index is 0.0198. The molecule has 0 spiro atoms. The van der Waals surface area contributed by atoms with Crippen molar-refractivity contribution in [3.05, 3.63) is 71.1 Å². The average molecular weight is 466 g/mol. The number of anilines is 1. The summed E-state index contributed by atoms with van der Waals surface area (Å²) in [7, 11) is -2.51. The third-order valence-electron chi connectivity index (χ3n) is 4.93. The quantitative estimate of drug-likeness (QED) is 0.448. The van der Waals surface area contributed by atoms with Gasteiger partial charge in [0.25, 0.3) is 5.56 Å². The maximum absolute atomic E-state index is 13.3. The van der Waals surface area contributed by atoms with Crippen molar-refractivity contribution in [2.75, 3.05) is 12.8 Å². The molecule has 2 heterocycles. The van der Waals surface area contributed by atoms with Crippen LogP contribution in [0.3, 0.4) is 0 Å². The van der Waals surface area contributed by atoms with Crippen molar-refractivity contribution >= 4 is 26.9 Å². The normalized spacial score (nSPS) is 11.8. The molecule has 3 N–H and O–H groups in total. The summed E-state index contributed by atoms with van der Waals surface area (Å²) in [5.41, 5.74) is 7.86. The molecule has 0 radical (unpaired) electrons. The summed E-state index contributed by atoms with van der Waals surface area (Å²) in [6, 6.07) is 15.2. The Morgan fingerprint density at radius 2 is 1.79 bits per heavy atom. The van der Waals surface area contributed by atoms with E-state index in [-0.39, 0.29) is 28.3 Å². The number of hydrogen-bond acceptors (Lipinski definition) is 7. The fraction of sp³-hybridized carbons (Fsp3) is 0.174. The zero-order valence-electron chi connectivity index (χ0n) is 18.3. The molecular weight excluding hydrogens is 442 g/mol. The number of para-hydroxylation sites is 1. The monoisotopic (exact) mass is 465 g/mol. The molecular formula is C23H23N5O4S. The molecule has 0 amide bonds. The van der Waals surface area contributed by atoms with Crippen LogP contribution in [-0.2, 0) is 10.0 Å². The molecule has 9 nitrogen and oxygen atoms in total. The molecule has 33 heavy (non-hydrogen) atoms. The SMILES string of the molecule is COc1ncc(-c2ccc3nc(N)n(-c4ccccc4)c(=O)c3c2)cc1S(=O)(=O)NC(C)C. The van der Waals surface area contributed by atoms with E-state index < -0.39 is 10.0 Å². The number of benzene rings is 2. The van der Waals surface area contributed by atoms with E-state index in [1.54, 1.807) is 56.3 Å². The Labute approximate surface area is 190 Å². The van der Waals surface area contributed by atoms with E-state index in [9.17, 15) is 13.2 Å². The van der Waals surface area contributed by atoms with Gasteiger partial charge in [-0.25, -0.2) is 27.7 Å². The first kappa shape index (κ1) is 22.4. The number of methoxy groups -OCH3 is 1. The van der Waals surface area contributed by atoms with E-state index in [2.05, 4.69) is 14.7 Å². The van der Waals surface area contributed by atoms with Gasteiger partial charge >= 0.3 is 0 Å². The molecule has 10 heteroatoms. The average Bonchev–Trinajstić information content (AvgIpc) is 2.78. The number of nitrogen functional groups attached to an aromatic ring is 1. The van der Waals surface area contributed by atoms with E-state index in [1.807, 2.05) is 6.07 Å². The number of hydrogen-bond donors (Lipinski definition) is 2. The van der Waals surface area contributed by atoms with Crippen molar-refractivity contribution in [1.82, 2.24) is 19.3 Å². The lowest BCUT2D eigenvalue weighted by Crippen LogP contribution is -2.30. The van der Waals surface area contributed by atoms with Crippen LogP contribution >= 0.6 is 0 Å². The molecule has 0 bridgehead atoms. The number of ether oxygens (including phenoxy) is 1. The number of nitrogens with one attached hydrogen (secondary N) is 1. The van der Waals surface area contributed by atoms with Gasteiger partial charge in [0.2, 0.25) is 21.9 Å². The van der Waals surface area contributed by atoms with E-state index in [4.69, 9.17) is 10.5 Å². The highest BCUT2D eigenvalue weighted by Gasteiger charge is 2.23. The Morgan fingerprint density at radius 1 is 1.06 bits per heavy atom. The highest BCUT2D eigenvalue weighted by molar-refractivity contribution is 7.89. The van der Waals surface area contributed by atoms with E-state index in [0.29, 0.717) is 27.7 Å². The summed E-state index contributed by atoms with van der Waals surface area (Å²) in [6.07, 6.45) is 1.49. The second-order valence-electron chi connectivity index (χ2n) is 7.69. The Balaban J connectivity index is 1.89. The third kappa shape index (κ3) is 4.30. The minimum atomic E-state index is -3.86. The van der Waals surface area contributed by atoms with E-state index >= 15 is 0 Å². The Hall–Kier alpha value is -3.76. The predicted molar refractivity (Wildman–Crippen MR) is 127 cm³/mol. The van der Waals surface area contributed by atoms with E-state index in [1.165, 1.54) is 23.9 Å². The van der Waals surface area contributed by atoms with Gasteiger partial charge in [0, 0.05) is 17.8 Å². The van der Waals surface area contributed by atoms with Crippen molar-refractivity contribution in [2.24, 2.45) is 0 Å². The fourth-order valence-electron chi connectivity index (χ4n) is 3.52.